The summed E-state index contributed by atoms with van der Waals surface area (Å²) >= 11 is 5.65. The minimum atomic E-state index is -0.665. The third kappa shape index (κ3) is 4.32. The number of carbonyl (C=O) groups is 2. The molecule has 8 heteroatoms. The highest BCUT2D eigenvalue weighted by molar-refractivity contribution is 6.31. The van der Waals surface area contributed by atoms with Crippen molar-refractivity contribution < 1.29 is 18.7 Å². The normalized spacial score (nSPS) is 10.5. The first-order chi connectivity index (χ1) is 13.0. The maximum atomic E-state index is 13.1. The van der Waals surface area contributed by atoms with Gasteiger partial charge in [0, 0.05) is 5.69 Å². The van der Waals surface area contributed by atoms with Gasteiger partial charge in [0.2, 0.25) is 0 Å². The Balaban J connectivity index is 1.61. The predicted octanol–water partition coefficient (Wildman–Crippen LogP) is 3.77. The molecule has 1 aromatic heterocycles. The first-order valence-corrected chi connectivity index (χ1v) is 8.35. The molecule has 0 atom stereocenters. The SMILES string of the molecule is Cc1c(C(=O)OCC(=O)Nc2ccc(F)c(Cl)c2)cnn1-c1ccccc1. The van der Waals surface area contributed by atoms with Crippen LogP contribution in [0.3, 0.4) is 0 Å². The van der Waals surface area contributed by atoms with Crippen molar-refractivity contribution in [3.8, 4) is 5.69 Å². The summed E-state index contributed by atoms with van der Waals surface area (Å²) in [5.41, 5.74) is 1.96. The first-order valence-electron chi connectivity index (χ1n) is 7.98. The molecule has 1 amide bonds. The number of hydrogen-bond acceptors (Lipinski definition) is 4. The second-order valence-electron chi connectivity index (χ2n) is 5.64. The molecule has 0 aliphatic carbocycles. The number of rotatable bonds is 5. The zero-order valence-corrected chi connectivity index (χ0v) is 15.0. The van der Waals surface area contributed by atoms with Gasteiger partial charge in [0.05, 0.1) is 22.6 Å². The second-order valence-corrected chi connectivity index (χ2v) is 6.05. The van der Waals surface area contributed by atoms with E-state index >= 15 is 0 Å². The van der Waals surface area contributed by atoms with E-state index in [0.717, 1.165) is 11.8 Å². The largest absolute Gasteiger partial charge is 0.452 e. The highest BCUT2D eigenvalue weighted by Gasteiger charge is 2.17. The van der Waals surface area contributed by atoms with Gasteiger partial charge in [-0.25, -0.2) is 13.9 Å². The average molecular weight is 388 g/mol. The number of nitrogens with one attached hydrogen (secondary N) is 1. The third-order valence-corrected chi connectivity index (χ3v) is 4.06. The number of esters is 1. The summed E-state index contributed by atoms with van der Waals surface area (Å²) in [7, 11) is 0. The second kappa shape index (κ2) is 8.01. The Kier molecular flexibility index (Phi) is 5.52. The lowest BCUT2D eigenvalue weighted by Gasteiger charge is -2.08. The summed E-state index contributed by atoms with van der Waals surface area (Å²) in [6.07, 6.45) is 1.39. The Hall–Kier alpha value is -3.19. The summed E-state index contributed by atoms with van der Waals surface area (Å²) in [6, 6.07) is 13.1. The molecule has 0 saturated carbocycles. The lowest BCUT2D eigenvalue weighted by Crippen LogP contribution is -2.21. The van der Waals surface area contributed by atoms with Gasteiger partial charge < -0.3 is 10.1 Å². The molecule has 0 aliphatic heterocycles. The van der Waals surface area contributed by atoms with Crippen molar-refractivity contribution >= 4 is 29.2 Å². The third-order valence-electron chi connectivity index (χ3n) is 3.77. The van der Waals surface area contributed by atoms with Gasteiger partial charge in [-0.1, -0.05) is 29.8 Å². The van der Waals surface area contributed by atoms with Crippen molar-refractivity contribution in [1.29, 1.82) is 0 Å². The fourth-order valence-electron chi connectivity index (χ4n) is 2.42. The average Bonchev–Trinajstić information content (AvgIpc) is 3.05. The first kappa shape index (κ1) is 18.6. The fraction of sp³-hybridized carbons (Fsp3) is 0.105. The Morgan fingerprint density at radius 2 is 1.96 bits per heavy atom. The lowest BCUT2D eigenvalue weighted by molar-refractivity contribution is -0.119. The van der Waals surface area contributed by atoms with Crippen LogP contribution in [0.25, 0.3) is 5.69 Å². The molecule has 0 fully saturated rings. The van der Waals surface area contributed by atoms with Crippen LogP contribution in [-0.4, -0.2) is 28.3 Å². The van der Waals surface area contributed by atoms with Gasteiger partial charge in [-0.3, -0.25) is 4.79 Å². The smallest absolute Gasteiger partial charge is 0.342 e. The molecule has 2 aromatic carbocycles. The van der Waals surface area contributed by atoms with E-state index < -0.39 is 24.3 Å². The van der Waals surface area contributed by atoms with Gasteiger partial charge in [0.15, 0.2) is 6.61 Å². The summed E-state index contributed by atoms with van der Waals surface area (Å²) in [5.74, 6) is -1.83. The van der Waals surface area contributed by atoms with Crippen molar-refractivity contribution in [2.24, 2.45) is 0 Å². The molecule has 0 unspecified atom stereocenters. The maximum Gasteiger partial charge on any atom is 0.342 e. The highest BCUT2D eigenvalue weighted by Crippen LogP contribution is 2.19. The van der Waals surface area contributed by atoms with Crippen LogP contribution in [0.4, 0.5) is 10.1 Å². The molecule has 3 rings (SSSR count). The molecule has 0 bridgehead atoms. The van der Waals surface area contributed by atoms with Crippen molar-refractivity contribution in [3.05, 3.63) is 76.8 Å². The van der Waals surface area contributed by atoms with Gasteiger partial charge in [0.1, 0.15) is 11.4 Å². The van der Waals surface area contributed by atoms with Crippen LogP contribution in [-0.2, 0) is 9.53 Å². The van der Waals surface area contributed by atoms with Crippen molar-refractivity contribution in [1.82, 2.24) is 9.78 Å². The number of amides is 1. The molecule has 6 nitrogen and oxygen atoms in total. The number of anilines is 1. The van der Waals surface area contributed by atoms with Gasteiger partial charge in [0.25, 0.3) is 5.91 Å². The number of aromatic nitrogens is 2. The van der Waals surface area contributed by atoms with Crippen LogP contribution in [0.1, 0.15) is 16.1 Å². The molecule has 1 N–H and O–H groups in total. The van der Waals surface area contributed by atoms with Crippen LogP contribution in [0.2, 0.25) is 5.02 Å². The Morgan fingerprint density at radius 3 is 2.67 bits per heavy atom. The van der Waals surface area contributed by atoms with E-state index in [2.05, 4.69) is 10.4 Å². The number of benzene rings is 2. The number of hydrogen-bond donors (Lipinski definition) is 1. The van der Waals surface area contributed by atoms with Crippen molar-refractivity contribution in [2.45, 2.75) is 6.92 Å². The Labute approximate surface area is 159 Å². The zero-order chi connectivity index (χ0) is 19.4. The lowest BCUT2D eigenvalue weighted by atomic mass is 10.2. The van der Waals surface area contributed by atoms with Crippen LogP contribution >= 0.6 is 11.6 Å². The van der Waals surface area contributed by atoms with E-state index in [0.29, 0.717) is 11.4 Å². The monoisotopic (exact) mass is 387 g/mol. The van der Waals surface area contributed by atoms with Gasteiger partial charge >= 0.3 is 5.97 Å². The highest BCUT2D eigenvalue weighted by atomic mass is 35.5. The van der Waals surface area contributed by atoms with E-state index in [1.165, 1.54) is 18.3 Å². The molecule has 27 heavy (non-hydrogen) atoms. The van der Waals surface area contributed by atoms with Gasteiger partial charge in [-0.2, -0.15) is 5.10 Å². The van der Waals surface area contributed by atoms with E-state index in [1.807, 2.05) is 30.3 Å². The zero-order valence-electron chi connectivity index (χ0n) is 14.3. The molecule has 0 spiro atoms. The summed E-state index contributed by atoms with van der Waals surface area (Å²) < 4.78 is 19.8. The van der Waals surface area contributed by atoms with Gasteiger partial charge in [-0.05, 0) is 37.3 Å². The number of ether oxygens (including phenoxy) is 1. The Bertz CT molecular complexity index is 989. The van der Waals surface area contributed by atoms with E-state index in [4.69, 9.17) is 16.3 Å². The summed E-state index contributed by atoms with van der Waals surface area (Å²) in [4.78, 5) is 24.1. The molecule has 3 aromatic rings. The van der Waals surface area contributed by atoms with Crippen molar-refractivity contribution in [2.75, 3.05) is 11.9 Å². The van der Waals surface area contributed by atoms with E-state index in [-0.39, 0.29) is 10.6 Å². The predicted molar refractivity (Wildman–Crippen MR) is 98.6 cm³/mol. The van der Waals surface area contributed by atoms with E-state index in [1.54, 1.807) is 11.6 Å². The summed E-state index contributed by atoms with van der Waals surface area (Å²) in [5, 5.41) is 6.54. The molecular weight excluding hydrogens is 373 g/mol. The van der Waals surface area contributed by atoms with Crippen LogP contribution in [0, 0.1) is 12.7 Å². The number of nitrogens with zero attached hydrogens (tertiary/aromatic N) is 2. The minimum absolute atomic E-state index is 0.117. The number of carbonyl (C=O) groups excluding carboxylic acids is 2. The fourth-order valence-corrected chi connectivity index (χ4v) is 2.60. The number of halogens is 2. The number of para-hydroxylation sites is 1. The standard InChI is InChI=1S/C19H15ClFN3O3/c1-12-15(10-22-24(12)14-5-3-2-4-6-14)19(26)27-11-18(25)23-13-7-8-17(21)16(20)9-13/h2-10H,11H2,1H3,(H,23,25). The molecule has 1 heterocycles. The molecule has 0 aliphatic rings. The van der Waals surface area contributed by atoms with Crippen LogP contribution in [0.5, 0.6) is 0 Å². The quantitative estimate of drug-likeness (QED) is 0.676. The van der Waals surface area contributed by atoms with Crippen molar-refractivity contribution in [3.63, 3.8) is 0 Å². The van der Waals surface area contributed by atoms with Crippen LogP contribution < -0.4 is 5.32 Å². The van der Waals surface area contributed by atoms with E-state index in [9.17, 15) is 14.0 Å². The minimum Gasteiger partial charge on any atom is -0.452 e. The molecule has 138 valence electrons. The van der Waals surface area contributed by atoms with Crippen LogP contribution in [0.15, 0.2) is 54.7 Å². The summed E-state index contributed by atoms with van der Waals surface area (Å²) in [6.45, 7) is 1.24. The maximum absolute atomic E-state index is 13.1. The Morgan fingerprint density at radius 1 is 1.22 bits per heavy atom. The van der Waals surface area contributed by atoms with Gasteiger partial charge in [-0.15, -0.1) is 0 Å². The molecule has 0 saturated heterocycles. The molecule has 0 radical (unpaired) electrons. The topological polar surface area (TPSA) is 73.2 Å². The molecular formula is C19H15ClFN3O3.